The van der Waals surface area contributed by atoms with E-state index in [4.69, 9.17) is 11.6 Å². The second kappa shape index (κ2) is 7.35. The van der Waals surface area contributed by atoms with Gasteiger partial charge in [-0.1, -0.05) is 23.7 Å². The number of hydrogen-bond acceptors (Lipinski definition) is 6. The van der Waals surface area contributed by atoms with Crippen LogP contribution < -0.4 is 0 Å². The first-order chi connectivity index (χ1) is 14.6. The molecule has 0 radical (unpaired) electrons. The first-order valence-corrected chi connectivity index (χ1v) is 9.96. The smallest absolute Gasteiger partial charge is 0.207 e. The highest BCUT2D eigenvalue weighted by Crippen LogP contribution is 2.38. The number of fused-ring (bicyclic) bond motifs is 3. The van der Waals surface area contributed by atoms with E-state index in [-0.39, 0.29) is 17.1 Å². The summed E-state index contributed by atoms with van der Waals surface area (Å²) in [6, 6.07) is 13.1. The van der Waals surface area contributed by atoms with Gasteiger partial charge in [-0.05, 0) is 52.3 Å². The van der Waals surface area contributed by atoms with Crippen molar-refractivity contribution in [1.82, 2.24) is 25.0 Å². The largest absolute Gasteiger partial charge is 0.365 e. The molecule has 1 aliphatic rings. The van der Waals surface area contributed by atoms with Gasteiger partial charge in [0.2, 0.25) is 6.23 Å². The molecule has 0 aliphatic carbocycles. The minimum Gasteiger partial charge on any atom is -0.365 e. The Morgan fingerprint density at radius 3 is 2.63 bits per heavy atom. The highest BCUT2D eigenvalue weighted by molar-refractivity contribution is 9.10. The van der Waals surface area contributed by atoms with E-state index < -0.39 is 12.0 Å². The number of benzene rings is 2. The molecule has 10 heteroatoms. The van der Waals surface area contributed by atoms with E-state index in [0.717, 1.165) is 0 Å². The lowest BCUT2D eigenvalue weighted by molar-refractivity contribution is 0.177. The number of aliphatic hydroxyl groups is 1. The van der Waals surface area contributed by atoms with Crippen LogP contribution in [0.3, 0.4) is 0 Å². The number of aliphatic imine (C=N–C) groups is 1. The van der Waals surface area contributed by atoms with Crippen LogP contribution in [0.5, 0.6) is 0 Å². The molecule has 1 N–H and O–H groups in total. The summed E-state index contributed by atoms with van der Waals surface area (Å²) in [5, 5.41) is 27.4. The quantitative estimate of drug-likeness (QED) is 0.461. The minimum atomic E-state index is -1.40. The molecule has 1 aliphatic heterocycles. The molecule has 3 heterocycles. The topological polar surface area (TPSA) is 89.1 Å². The molecule has 1 atom stereocenters. The molecule has 2 aromatic carbocycles. The monoisotopic (exact) mass is 484 g/mol. The van der Waals surface area contributed by atoms with E-state index in [1.807, 2.05) is 0 Å². The van der Waals surface area contributed by atoms with Crippen LogP contribution in [0, 0.1) is 5.82 Å². The van der Waals surface area contributed by atoms with E-state index >= 15 is 0 Å². The summed E-state index contributed by atoms with van der Waals surface area (Å²) >= 11 is 10.1. The zero-order valence-electron chi connectivity index (χ0n) is 15.0. The number of aromatic nitrogens is 5. The van der Waals surface area contributed by atoms with E-state index in [2.05, 4.69) is 41.3 Å². The van der Waals surface area contributed by atoms with Crippen molar-refractivity contribution in [2.45, 2.75) is 6.23 Å². The SMILES string of the molecule is OC1N=C(c2ccccc2F)c2c(ccc(Br)c2Cl)-n2c(-c3cccnn3)nnc21. The van der Waals surface area contributed by atoms with Gasteiger partial charge in [0.1, 0.15) is 11.5 Å². The molecular weight excluding hydrogens is 475 g/mol. The van der Waals surface area contributed by atoms with Crippen LogP contribution in [0.1, 0.15) is 23.2 Å². The predicted molar refractivity (Wildman–Crippen MR) is 112 cm³/mol. The van der Waals surface area contributed by atoms with Crippen molar-refractivity contribution in [3.63, 3.8) is 0 Å². The van der Waals surface area contributed by atoms with Crippen molar-refractivity contribution in [2.24, 2.45) is 4.99 Å². The second-order valence-electron chi connectivity index (χ2n) is 6.41. The fourth-order valence-electron chi connectivity index (χ4n) is 3.34. The minimum absolute atomic E-state index is 0.154. The van der Waals surface area contributed by atoms with Crippen LogP contribution in [-0.2, 0) is 0 Å². The molecule has 148 valence electrons. The molecule has 4 aromatic rings. The Morgan fingerprint density at radius 2 is 1.87 bits per heavy atom. The van der Waals surface area contributed by atoms with Gasteiger partial charge in [0, 0.05) is 21.8 Å². The average Bonchev–Trinajstić information content (AvgIpc) is 3.16. The highest BCUT2D eigenvalue weighted by atomic mass is 79.9. The summed E-state index contributed by atoms with van der Waals surface area (Å²) in [5.41, 5.74) is 1.82. The maximum absolute atomic E-state index is 14.7. The molecule has 2 aromatic heterocycles. The van der Waals surface area contributed by atoms with Crippen LogP contribution in [0.25, 0.3) is 17.2 Å². The third-order valence-corrected chi connectivity index (χ3v) is 5.93. The van der Waals surface area contributed by atoms with E-state index in [1.54, 1.807) is 53.2 Å². The highest BCUT2D eigenvalue weighted by Gasteiger charge is 2.31. The van der Waals surface area contributed by atoms with Crippen molar-refractivity contribution in [1.29, 1.82) is 0 Å². The Hall–Kier alpha value is -3.01. The molecule has 7 nitrogen and oxygen atoms in total. The van der Waals surface area contributed by atoms with Gasteiger partial charge in [-0.2, -0.15) is 5.10 Å². The lowest BCUT2D eigenvalue weighted by Gasteiger charge is -2.16. The zero-order chi connectivity index (χ0) is 20.8. The van der Waals surface area contributed by atoms with Crippen LogP contribution in [0.2, 0.25) is 5.02 Å². The predicted octanol–water partition coefficient (Wildman–Crippen LogP) is 4.12. The molecule has 0 saturated carbocycles. The maximum atomic E-state index is 14.7. The van der Waals surface area contributed by atoms with Crippen molar-refractivity contribution in [3.05, 3.63) is 87.0 Å². The van der Waals surface area contributed by atoms with Gasteiger partial charge < -0.3 is 5.11 Å². The van der Waals surface area contributed by atoms with Gasteiger partial charge in [-0.3, -0.25) is 4.57 Å². The van der Waals surface area contributed by atoms with Gasteiger partial charge >= 0.3 is 0 Å². The Balaban J connectivity index is 1.86. The van der Waals surface area contributed by atoms with Crippen molar-refractivity contribution in [2.75, 3.05) is 0 Å². The third-order valence-electron chi connectivity index (χ3n) is 4.65. The Morgan fingerprint density at radius 1 is 1.03 bits per heavy atom. The third kappa shape index (κ3) is 2.94. The molecule has 0 spiro atoms. The molecule has 5 rings (SSSR count). The molecule has 1 unspecified atom stereocenters. The molecule has 30 heavy (non-hydrogen) atoms. The van der Waals surface area contributed by atoms with Gasteiger partial charge in [0.15, 0.2) is 11.6 Å². The fourth-order valence-corrected chi connectivity index (χ4v) is 3.92. The summed E-state index contributed by atoms with van der Waals surface area (Å²) < 4.78 is 16.9. The number of aliphatic hydroxyl groups excluding tert-OH is 1. The van der Waals surface area contributed by atoms with Crippen LogP contribution in [-0.4, -0.2) is 35.8 Å². The second-order valence-corrected chi connectivity index (χ2v) is 7.65. The normalized spacial score (nSPS) is 15.2. The van der Waals surface area contributed by atoms with Gasteiger partial charge in [0.25, 0.3) is 0 Å². The number of halogens is 3. The van der Waals surface area contributed by atoms with Crippen molar-refractivity contribution < 1.29 is 9.50 Å². The van der Waals surface area contributed by atoms with Crippen molar-refractivity contribution >= 4 is 33.2 Å². The van der Waals surface area contributed by atoms with E-state index in [1.165, 1.54) is 6.07 Å². The average molecular weight is 486 g/mol. The number of rotatable bonds is 2. The van der Waals surface area contributed by atoms with Gasteiger partial charge in [-0.15, -0.1) is 15.3 Å². The fraction of sp³-hybridized carbons (Fsp3) is 0.0500. The maximum Gasteiger partial charge on any atom is 0.207 e. The first-order valence-electron chi connectivity index (χ1n) is 8.79. The van der Waals surface area contributed by atoms with Crippen LogP contribution >= 0.6 is 27.5 Å². The van der Waals surface area contributed by atoms with Gasteiger partial charge in [0.05, 0.1) is 16.4 Å². The standard InChI is InChI=1S/C20H11BrClFN6O/c21-11-7-8-14-15(16(11)22)17(10-4-1-2-5-12(10)23)25-20(30)19-28-27-18(29(14)19)13-6-3-9-24-26-13/h1-9,20,30H. The summed E-state index contributed by atoms with van der Waals surface area (Å²) in [5.74, 6) is 0.0145. The van der Waals surface area contributed by atoms with E-state index in [0.29, 0.717) is 32.3 Å². The molecule has 0 saturated heterocycles. The Kier molecular flexibility index (Phi) is 4.65. The Bertz CT molecular complexity index is 1310. The summed E-state index contributed by atoms with van der Waals surface area (Å²) in [6.07, 6.45) is 0.138. The molecule has 0 amide bonds. The van der Waals surface area contributed by atoms with Crippen LogP contribution in [0.4, 0.5) is 4.39 Å². The molecular formula is C20H11BrClFN6O. The number of nitrogens with zero attached hydrogens (tertiary/aromatic N) is 6. The molecule has 0 bridgehead atoms. The molecule has 0 fully saturated rings. The first kappa shape index (κ1) is 19.0. The van der Waals surface area contributed by atoms with Gasteiger partial charge in [-0.25, -0.2) is 9.38 Å². The summed E-state index contributed by atoms with van der Waals surface area (Å²) in [7, 11) is 0. The Labute approximate surface area is 183 Å². The lowest BCUT2D eigenvalue weighted by Crippen LogP contribution is -2.11. The summed E-state index contributed by atoms with van der Waals surface area (Å²) in [6.45, 7) is 0. The van der Waals surface area contributed by atoms with Crippen molar-refractivity contribution in [3.8, 4) is 17.2 Å². The lowest BCUT2D eigenvalue weighted by atomic mass is 9.99. The zero-order valence-corrected chi connectivity index (χ0v) is 17.4. The number of hydrogen-bond donors (Lipinski definition) is 1. The van der Waals surface area contributed by atoms with Crippen LogP contribution in [0.15, 0.2) is 64.2 Å². The summed E-state index contributed by atoms with van der Waals surface area (Å²) in [4.78, 5) is 4.37. The van der Waals surface area contributed by atoms with E-state index in [9.17, 15) is 9.50 Å².